The molecule has 0 aromatic carbocycles. The summed E-state index contributed by atoms with van der Waals surface area (Å²) in [4.78, 5) is 2.27. The van der Waals surface area contributed by atoms with Crippen molar-refractivity contribution in [3.05, 3.63) is 0 Å². The van der Waals surface area contributed by atoms with Crippen molar-refractivity contribution in [3.63, 3.8) is 0 Å². The molecule has 14 heavy (non-hydrogen) atoms. The molecule has 1 atom stereocenters. The summed E-state index contributed by atoms with van der Waals surface area (Å²) in [7, 11) is 4.29. The van der Waals surface area contributed by atoms with Gasteiger partial charge in [0.15, 0.2) is 0 Å². The third-order valence-electron chi connectivity index (χ3n) is 2.54. The highest BCUT2D eigenvalue weighted by atomic mass is 32.2. The molecule has 3 heteroatoms. The third-order valence-corrected chi connectivity index (χ3v) is 3.71. The molecule has 1 aliphatic heterocycles. The molecule has 0 saturated carbocycles. The first kappa shape index (κ1) is 12.3. The smallest absolute Gasteiger partial charge is 0.0166 e. The zero-order chi connectivity index (χ0) is 10.6. The second kappa shape index (κ2) is 5.38. The van der Waals surface area contributed by atoms with Crippen LogP contribution < -0.4 is 5.32 Å². The summed E-state index contributed by atoms with van der Waals surface area (Å²) in [5.41, 5.74) is 0.386. The van der Waals surface area contributed by atoms with Gasteiger partial charge in [-0.15, -0.1) is 0 Å². The predicted molar refractivity (Wildman–Crippen MR) is 66.1 cm³/mol. The Morgan fingerprint density at radius 3 is 2.64 bits per heavy atom. The topological polar surface area (TPSA) is 15.3 Å². The number of nitrogens with zero attached hydrogens (tertiary/aromatic N) is 1. The van der Waals surface area contributed by atoms with Gasteiger partial charge in [-0.25, -0.2) is 0 Å². The summed E-state index contributed by atoms with van der Waals surface area (Å²) in [6, 6.07) is 0.765. The number of hydrogen-bond donors (Lipinski definition) is 1. The van der Waals surface area contributed by atoms with Gasteiger partial charge in [-0.3, -0.25) is 0 Å². The van der Waals surface area contributed by atoms with Crippen LogP contribution in [0.1, 0.15) is 20.3 Å². The Kier molecular flexibility index (Phi) is 4.74. The average Bonchev–Trinajstić information content (AvgIpc) is 2.50. The van der Waals surface area contributed by atoms with E-state index in [9.17, 15) is 0 Å². The average molecular weight is 216 g/mol. The normalized spacial score (nSPS) is 23.4. The Balaban J connectivity index is 2.20. The molecule has 1 saturated heterocycles. The van der Waals surface area contributed by atoms with E-state index in [0.717, 1.165) is 19.1 Å². The van der Waals surface area contributed by atoms with Gasteiger partial charge in [-0.1, -0.05) is 13.8 Å². The molecule has 1 heterocycles. The summed E-state index contributed by atoms with van der Waals surface area (Å²) in [5, 5.41) is 3.68. The van der Waals surface area contributed by atoms with Crippen molar-refractivity contribution in [2.45, 2.75) is 26.3 Å². The second-order valence-corrected chi connectivity index (χ2v) is 6.49. The van der Waals surface area contributed by atoms with Crippen molar-refractivity contribution >= 4 is 11.8 Å². The van der Waals surface area contributed by atoms with E-state index in [4.69, 9.17) is 0 Å². The summed E-state index contributed by atoms with van der Waals surface area (Å²) >= 11 is 2.07. The van der Waals surface area contributed by atoms with Crippen molar-refractivity contribution < 1.29 is 0 Å². The Morgan fingerprint density at radius 1 is 1.43 bits per heavy atom. The van der Waals surface area contributed by atoms with Gasteiger partial charge in [0.2, 0.25) is 0 Å². The molecule has 1 rings (SSSR count). The second-order valence-electron chi connectivity index (χ2n) is 5.34. The fraction of sp³-hybridized carbons (Fsp3) is 1.00. The molecule has 0 amide bonds. The fourth-order valence-electron chi connectivity index (χ4n) is 2.03. The van der Waals surface area contributed by atoms with Crippen LogP contribution in [0.25, 0.3) is 0 Å². The lowest BCUT2D eigenvalue weighted by molar-refractivity contribution is 0.227. The number of rotatable bonds is 5. The van der Waals surface area contributed by atoms with Gasteiger partial charge in [0.1, 0.15) is 0 Å². The van der Waals surface area contributed by atoms with Crippen LogP contribution in [0.2, 0.25) is 0 Å². The summed E-state index contributed by atoms with van der Waals surface area (Å²) in [5.74, 6) is 2.64. The van der Waals surface area contributed by atoms with E-state index in [2.05, 4.69) is 49.9 Å². The predicted octanol–water partition coefficient (Wildman–Crippen LogP) is 1.67. The maximum absolute atomic E-state index is 3.68. The molecular formula is C11H24N2S. The van der Waals surface area contributed by atoms with Crippen LogP contribution in [0.15, 0.2) is 0 Å². The highest BCUT2D eigenvalue weighted by Crippen LogP contribution is 2.19. The quantitative estimate of drug-likeness (QED) is 0.752. The van der Waals surface area contributed by atoms with E-state index >= 15 is 0 Å². The van der Waals surface area contributed by atoms with E-state index in [1.54, 1.807) is 0 Å². The lowest BCUT2D eigenvalue weighted by Gasteiger charge is -2.29. The van der Waals surface area contributed by atoms with E-state index in [1.165, 1.54) is 17.9 Å². The summed E-state index contributed by atoms with van der Waals surface area (Å²) in [6.45, 7) is 6.96. The van der Waals surface area contributed by atoms with E-state index < -0.39 is 0 Å². The van der Waals surface area contributed by atoms with Crippen LogP contribution >= 0.6 is 11.8 Å². The molecule has 1 unspecified atom stereocenters. The molecule has 0 spiro atoms. The zero-order valence-corrected chi connectivity index (χ0v) is 10.8. The molecule has 1 aliphatic rings. The van der Waals surface area contributed by atoms with E-state index in [1.807, 2.05) is 0 Å². The van der Waals surface area contributed by atoms with Gasteiger partial charge in [0.25, 0.3) is 0 Å². The van der Waals surface area contributed by atoms with Gasteiger partial charge in [0, 0.05) is 24.9 Å². The largest absolute Gasteiger partial charge is 0.313 e. The standard InChI is InChI=1S/C11H24N2S/c1-11(2,9-13(3)4)8-12-10-5-6-14-7-10/h10,12H,5-9H2,1-4H3. The molecule has 0 aromatic heterocycles. The summed E-state index contributed by atoms with van der Waals surface area (Å²) in [6.07, 6.45) is 1.35. The Hall–Kier alpha value is 0.270. The monoisotopic (exact) mass is 216 g/mol. The number of nitrogens with one attached hydrogen (secondary N) is 1. The summed E-state index contributed by atoms with van der Waals surface area (Å²) < 4.78 is 0. The van der Waals surface area contributed by atoms with Crippen LogP contribution in [-0.4, -0.2) is 49.6 Å². The number of thioether (sulfide) groups is 1. The van der Waals surface area contributed by atoms with Crippen LogP contribution in [0.4, 0.5) is 0 Å². The molecule has 0 aromatic rings. The van der Waals surface area contributed by atoms with Crippen molar-refractivity contribution in [2.24, 2.45) is 5.41 Å². The minimum atomic E-state index is 0.386. The molecule has 84 valence electrons. The molecule has 0 radical (unpaired) electrons. The SMILES string of the molecule is CN(C)CC(C)(C)CNC1CCSC1. The first-order chi connectivity index (χ1) is 6.49. The minimum absolute atomic E-state index is 0.386. The highest BCUT2D eigenvalue weighted by Gasteiger charge is 2.22. The van der Waals surface area contributed by atoms with Gasteiger partial charge in [-0.2, -0.15) is 11.8 Å². The minimum Gasteiger partial charge on any atom is -0.313 e. The van der Waals surface area contributed by atoms with Crippen molar-refractivity contribution in [1.82, 2.24) is 10.2 Å². The third kappa shape index (κ3) is 4.67. The number of hydrogen-bond acceptors (Lipinski definition) is 3. The molecular weight excluding hydrogens is 192 g/mol. The molecule has 1 N–H and O–H groups in total. The van der Waals surface area contributed by atoms with E-state index in [0.29, 0.717) is 5.41 Å². The van der Waals surface area contributed by atoms with Gasteiger partial charge >= 0.3 is 0 Å². The Bertz CT molecular complexity index is 163. The van der Waals surface area contributed by atoms with E-state index in [-0.39, 0.29) is 0 Å². The lowest BCUT2D eigenvalue weighted by Crippen LogP contribution is -2.41. The molecule has 2 nitrogen and oxygen atoms in total. The van der Waals surface area contributed by atoms with Crippen molar-refractivity contribution in [3.8, 4) is 0 Å². The first-order valence-electron chi connectivity index (χ1n) is 5.45. The van der Waals surface area contributed by atoms with Crippen LogP contribution in [0.5, 0.6) is 0 Å². The maximum atomic E-state index is 3.68. The van der Waals surface area contributed by atoms with Crippen LogP contribution in [0.3, 0.4) is 0 Å². The van der Waals surface area contributed by atoms with Crippen LogP contribution in [-0.2, 0) is 0 Å². The van der Waals surface area contributed by atoms with Crippen molar-refractivity contribution in [1.29, 1.82) is 0 Å². The Labute approximate surface area is 92.8 Å². The highest BCUT2D eigenvalue weighted by molar-refractivity contribution is 7.99. The maximum Gasteiger partial charge on any atom is 0.0166 e. The van der Waals surface area contributed by atoms with Gasteiger partial charge in [0.05, 0.1) is 0 Å². The molecule has 0 aliphatic carbocycles. The van der Waals surface area contributed by atoms with Gasteiger partial charge < -0.3 is 10.2 Å². The molecule has 1 fully saturated rings. The van der Waals surface area contributed by atoms with Crippen molar-refractivity contribution in [2.75, 3.05) is 38.7 Å². The Morgan fingerprint density at radius 2 is 2.14 bits per heavy atom. The fourth-order valence-corrected chi connectivity index (χ4v) is 3.21. The molecule has 0 bridgehead atoms. The lowest BCUT2D eigenvalue weighted by atomic mass is 9.92. The first-order valence-corrected chi connectivity index (χ1v) is 6.61. The zero-order valence-electron chi connectivity index (χ0n) is 9.97. The van der Waals surface area contributed by atoms with Gasteiger partial charge in [-0.05, 0) is 31.7 Å². The van der Waals surface area contributed by atoms with Crippen LogP contribution in [0, 0.1) is 5.41 Å².